The Morgan fingerprint density at radius 1 is 1.10 bits per heavy atom. The van der Waals surface area contributed by atoms with Crippen molar-refractivity contribution in [2.75, 3.05) is 11.9 Å². The molecular weight excluding hydrogens is 250 g/mol. The van der Waals surface area contributed by atoms with Crippen molar-refractivity contribution >= 4 is 11.6 Å². The largest absolute Gasteiger partial charge is 0.489 e. The van der Waals surface area contributed by atoms with Crippen LogP contribution in [0.3, 0.4) is 0 Å². The lowest BCUT2D eigenvalue weighted by molar-refractivity contribution is -0.118. The number of anilines is 1. The van der Waals surface area contributed by atoms with E-state index in [1.807, 2.05) is 55.6 Å². The van der Waals surface area contributed by atoms with Gasteiger partial charge >= 0.3 is 0 Å². The Hall–Kier alpha value is -2.29. The van der Waals surface area contributed by atoms with E-state index in [0.29, 0.717) is 13.0 Å². The summed E-state index contributed by atoms with van der Waals surface area (Å²) >= 11 is 0. The summed E-state index contributed by atoms with van der Waals surface area (Å²) in [6.45, 7) is 0.564. The van der Waals surface area contributed by atoms with Crippen molar-refractivity contribution in [1.82, 2.24) is 0 Å². The Kier molecular flexibility index (Phi) is 3.42. The van der Waals surface area contributed by atoms with Crippen molar-refractivity contribution in [1.29, 1.82) is 0 Å². The number of aryl methyl sites for hydroxylation is 1. The van der Waals surface area contributed by atoms with Crippen LogP contribution in [0.25, 0.3) is 0 Å². The molecule has 3 rings (SSSR count). The fraction of sp³-hybridized carbons (Fsp3) is 0.235. The van der Waals surface area contributed by atoms with Gasteiger partial charge < -0.3 is 9.64 Å². The fourth-order valence-corrected chi connectivity index (χ4v) is 2.46. The van der Waals surface area contributed by atoms with Gasteiger partial charge in [-0.05, 0) is 35.7 Å². The van der Waals surface area contributed by atoms with E-state index in [-0.39, 0.29) is 5.91 Å². The highest BCUT2D eigenvalue weighted by molar-refractivity contribution is 5.95. The first-order valence-corrected chi connectivity index (χ1v) is 6.80. The van der Waals surface area contributed by atoms with Crippen molar-refractivity contribution < 1.29 is 9.53 Å². The van der Waals surface area contributed by atoms with Gasteiger partial charge in [-0.2, -0.15) is 0 Å². The molecule has 102 valence electrons. The summed E-state index contributed by atoms with van der Waals surface area (Å²) in [6, 6.07) is 16.0. The standard InChI is InChI=1S/C17H17NO2/c1-18-16-9-8-15(11-14(16)7-10-17(18)19)20-12-13-5-3-2-4-6-13/h2-6,8-9,11H,7,10,12H2,1H3. The van der Waals surface area contributed by atoms with Gasteiger partial charge in [-0.25, -0.2) is 0 Å². The highest BCUT2D eigenvalue weighted by Gasteiger charge is 2.20. The molecule has 3 nitrogen and oxygen atoms in total. The lowest BCUT2D eigenvalue weighted by atomic mass is 10.0. The van der Waals surface area contributed by atoms with Crippen molar-refractivity contribution in [2.45, 2.75) is 19.4 Å². The lowest BCUT2D eigenvalue weighted by Gasteiger charge is -2.26. The van der Waals surface area contributed by atoms with Crippen LogP contribution >= 0.6 is 0 Å². The Morgan fingerprint density at radius 2 is 1.90 bits per heavy atom. The van der Waals surface area contributed by atoms with Crippen molar-refractivity contribution in [3.63, 3.8) is 0 Å². The van der Waals surface area contributed by atoms with Crippen LogP contribution in [0.15, 0.2) is 48.5 Å². The van der Waals surface area contributed by atoms with E-state index in [0.717, 1.165) is 23.4 Å². The molecule has 0 aliphatic carbocycles. The van der Waals surface area contributed by atoms with Crippen molar-refractivity contribution in [3.05, 3.63) is 59.7 Å². The number of ether oxygens (including phenoxy) is 1. The molecule has 0 aromatic heterocycles. The molecule has 0 atom stereocenters. The van der Waals surface area contributed by atoms with Gasteiger partial charge in [0.25, 0.3) is 0 Å². The Bertz CT molecular complexity index is 622. The molecule has 0 N–H and O–H groups in total. The van der Waals surface area contributed by atoms with Gasteiger partial charge in [-0.3, -0.25) is 4.79 Å². The first-order valence-electron chi connectivity index (χ1n) is 6.80. The molecule has 1 heterocycles. The van der Waals surface area contributed by atoms with Gasteiger partial charge in [0.2, 0.25) is 5.91 Å². The lowest BCUT2D eigenvalue weighted by Crippen LogP contribution is -2.30. The molecule has 2 aromatic rings. The summed E-state index contributed by atoms with van der Waals surface area (Å²) in [6.07, 6.45) is 1.37. The summed E-state index contributed by atoms with van der Waals surface area (Å²) < 4.78 is 5.82. The average Bonchev–Trinajstić information content (AvgIpc) is 2.50. The number of rotatable bonds is 3. The van der Waals surface area contributed by atoms with E-state index in [1.165, 1.54) is 5.56 Å². The summed E-state index contributed by atoms with van der Waals surface area (Å²) in [5.74, 6) is 1.03. The number of benzene rings is 2. The van der Waals surface area contributed by atoms with E-state index in [1.54, 1.807) is 4.90 Å². The number of hydrogen-bond acceptors (Lipinski definition) is 2. The zero-order valence-electron chi connectivity index (χ0n) is 11.5. The fourth-order valence-electron chi connectivity index (χ4n) is 2.46. The van der Waals surface area contributed by atoms with Crippen LogP contribution in [0.4, 0.5) is 5.69 Å². The van der Waals surface area contributed by atoms with Crippen LogP contribution in [0.5, 0.6) is 5.75 Å². The van der Waals surface area contributed by atoms with Crippen LogP contribution in [-0.4, -0.2) is 13.0 Å². The van der Waals surface area contributed by atoms with Crippen LogP contribution in [-0.2, 0) is 17.8 Å². The molecule has 20 heavy (non-hydrogen) atoms. The van der Waals surface area contributed by atoms with Crippen molar-refractivity contribution in [2.24, 2.45) is 0 Å². The number of carbonyl (C=O) groups is 1. The molecule has 0 saturated carbocycles. The summed E-state index contributed by atoms with van der Waals surface area (Å²) in [5, 5.41) is 0. The van der Waals surface area contributed by atoms with Gasteiger partial charge in [0.15, 0.2) is 0 Å². The molecule has 0 saturated heterocycles. The average molecular weight is 267 g/mol. The highest BCUT2D eigenvalue weighted by Crippen LogP contribution is 2.30. The zero-order valence-corrected chi connectivity index (χ0v) is 11.5. The second kappa shape index (κ2) is 5.37. The molecule has 1 aliphatic rings. The van der Waals surface area contributed by atoms with E-state index >= 15 is 0 Å². The third kappa shape index (κ3) is 2.52. The smallest absolute Gasteiger partial charge is 0.227 e. The van der Waals surface area contributed by atoms with Gasteiger partial charge in [-0.1, -0.05) is 30.3 Å². The maximum absolute atomic E-state index is 11.6. The molecule has 2 aromatic carbocycles. The minimum absolute atomic E-state index is 0.176. The molecule has 0 unspecified atom stereocenters. The van der Waals surface area contributed by atoms with Crippen LogP contribution < -0.4 is 9.64 Å². The number of amides is 1. The number of nitrogens with zero attached hydrogens (tertiary/aromatic N) is 1. The van der Waals surface area contributed by atoms with Gasteiger partial charge in [-0.15, -0.1) is 0 Å². The minimum Gasteiger partial charge on any atom is -0.489 e. The van der Waals surface area contributed by atoms with Gasteiger partial charge in [0.05, 0.1) is 0 Å². The first kappa shape index (κ1) is 12.7. The van der Waals surface area contributed by atoms with Crippen LogP contribution in [0.2, 0.25) is 0 Å². The first-order chi connectivity index (χ1) is 9.74. The van der Waals surface area contributed by atoms with E-state index in [4.69, 9.17) is 4.74 Å². The number of fused-ring (bicyclic) bond motifs is 1. The van der Waals surface area contributed by atoms with E-state index < -0.39 is 0 Å². The topological polar surface area (TPSA) is 29.5 Å². The third-order valence-electron chi connectivity index (χ3n) is 3.64. The maximum atomic E-state index is 11.6. The zero-order chi connectivity index (χ0) is 13.9. The Morgan fingerprint density at radius 3 is 2.70 bits per heavy atom. The summed E-state index contributed by atoms with van der Waals surface area (Å²) in [5.41, 5.74) is 3.32. The van der Waals surface area contributed by atoms with Crippen molar-refractivity contribution in [3.8, 4) is 5.75 Å². The summed E-state index contributed by atoms with van der Waals surface area (Å²) in [7, 11) is 1.82. The van der Waals surface area contributed by atoms with Crippen LogP contribution in [0, 0.1) is 0 Å². The highest BCUT2D eigenvalue weighted by atomic mass is 16.5. The Labute approximate surface area is 118 Å². The molecule has 0 bridgehead atoms. The number of carbonyl (C=O) groups excluding carboxylic acids is 1. The predicted molar refractivity (Wildman–Crippen MR) is 78.9 cm³/mol. The second-order valence-corrected chi connectivity index (χ2v) is 5.02. The predicted octanol–water partition coefficient (Wildman–Crippen LogP) is 3.17. The number of hydrogen-bond donors (Lipinski definition) is 0. The maximum Gasteiger partial charge on any atom is 0.227 e. The molecule has 3 heteroatoms. The van der Waals surface area contributed by atoms with Crippen LogP contribution in [0.1, 0.15) is 17.5 Å². The summed E-state index contributed by atoms with van der Waals surface area (Å²) in [4.78, 5) is 13.4. The van der Waals surface area contributed by atoms with E-state index in [2.05, 4.69) is 0 Å². The SMILES string of the molecule is CN1C(=O)CCc2cc(OCc3ccccc3)ccc21. The van der Waals surface area contributed by atoms with Gasteiger partial charge in [0, 0.05) is 19.2 Å². The molecule has 1 aliphatic heterocycles. The second-order valence-electron chi connectivity index (χ2n) is 5.02. The van der Waals surface area contributed by atoms with Gasteiger partial charge in [0.1, 0.15) is 12.4 Å². The molecule has 0 spiro atoms. The van der Waals surface area contributed by atoms with E-state index in [9.17, 15) is 4.79 Å². The normalized spacial score (nSPS) is 14.1. The monoisotopic (exact) mass is 267 g/mol. The third-order valence-corrected chi connectivity index (χ3v) is 3.64. The quantitative estimate of drug-likeness (QED) is 0.854. The molecule has 1 amide bonds. The molecule has 0 radical (unpaired) electrons. The molecule has 0 fully saturated rings. The Balaban J connectivity index is 1.75. The molecular formula is C17H17NO2. The minimum atomic E-state index is 0.176.